The van der Waals surface area contributed by atoms with E-state index in [0.29, 0.717) is 0 Å². The number of halogens is 1. The highest BCUT2D eigenvalue weighted by Gasteiger charge is 2.62. The molecule has 118 valence electrons. The van der Waals surface area contributed by atoms with E-state index in [1.165, 1.54) is 23.3 Å². The van der Waals surface area contributed by atoms with Gasteiger partial charge in [0.15, 0.2) is 0 Å². The van der Waals surface area contributed by atoms with Crippen LogP contribution in [0.5, 0.6) is 0 Å². The second-order valence-corrected chi connectivity index (χ2v) is 6.54. The molecule has 23 heavy (non-hydrogen) atoms. The summed E-state index contributed by atoms with van der Waals surface area (Å²) in [6.07, 6.45) is 5.02. The number of imide groups is 1. The number of anilines is 1. The Hall–Kier alpha value is -2.23. The van der Waals surface area contributed by atoms with Gasteiger partial charge in [0, 0.05) is 11.8 Å². The van der Waals surface area contributed by atoms with Crippen molar-refractivity contribution in [2.24, 2.45) is 23.7 Å². The third-order valence-electron chi connectivity index (χ3n) is 5.53. The minimum atomic E-state index is -0.532. The number of rotatable bonds is 2. The summed E-state index contributed by atoms with van der Waals surface area (Å²) in [5, 5.41) is 0. The van der Waals surface area contributed by atoms with E-state index >= 15 is 0 Å². The molecule has 1 saturated carbocycles. The Labute approximate surface area is 134 Å². The number of nitrogens with zero attached hydrogens (tertiary/aromatic N) is 1. The van der Waals surface area contributed by atoms with Crippen molar-refractivity contribution < 1.29 is 14.0 Å². The second-order valence-electron chi connectivity index (χ2n) is 6.54. The maximum atomic E-state index is 14.1. The van der Waals surface area contributed by atoms with Gasteiger partial charge in [-0.25, -0.2) is 9.29 Å². The molecule has 1 aliphatic heterocycles. The van der Waals surface area contributed by atoms with Gasteiger partial charge in [-0.15, -0.1) is 0 Å². The summed E-state index contributed by atoms with van der Waals surface area (Å²) in [6.45, 7) is 4.16. The minimum Gasteiger partial charge on any atom is -0.274 e. The Bertz CT molecular complexity index is 745. The minimum absolute atomic E-state index is 0.00169. The highest BCUT2D eigenvalue weighted by atomic mass is 19.1. The molecule has 2 aliphatic carbocycles. The lowest BCUT2D eigenvalue weighted by atomic mass is 9.85. The lowest BCUT2D eigenvalue weighted by Gasteiger charge is -2.20. The molecule has 0 aromatic heterocycles. The largest absolute Gasteiger partial charge is 0.274 e. The van der Waals surface area contributed by atoms with Crippen molar-refractivity contribution in [3.05, 3.63) is 53.4 Å². The van der Waals surface area contributed by atoms with Crippen molar-refractivity contribution in [1.29, 1.82) is 0 Å². The van der Waals surface area contributed by atoms with Crippen LogP contribution in [0.25, 0.3) is 0 Å². The maximum Gasteiger partial charge on any atom is 0.238 e. The van der Waals surface area contributed by atoms with E-state index in [2.05, 4.69) is 26.0 Å². The highest BCUT2D eigenvalue weighted by Crippen LogP contribution is 2.57. The van der Waals surface area contributed by atoms with Gasteiger partial charge in [0.25, 0.3) is 0 Å². The molecule has 1 heterocycles. The van der Waals surface area contributed by atoms with Crippen molar-refractivity contribution in [2.75, 3.05) is 4.90 Å². The van der Waals surface area contributed by atoms with Crippen molar-refractivity contribution in [2.45, 2.75) is 20.3 Å². The predicted molar refractivity (Wildman–Crippen MR) is 85.0 cm³/mol. The summed E-state index contributed by atoms with van der Waals surface area (Å²) in [4.78, 5) is 26.8. The number of benzene rings is 1. The number of allylic oxidation sites excluding steroid dienone is 4. The second kappa shape index (κ2) is 4.88. The summed E-state index contributed by atoms with van der Waals surface area (Å²) < 4.78 is 14.1. The average Bonchev–Trinajstić information content (AvgIpc) is 3.18. The molecule has 1 aromatic carbocycles. The quantitative estimate of drug-likeness (QED) is 0.619. The molecule has 2 amide bonds. The maximum absolute atomic E-state index is 14.1. The van der Waals surface area contributed by atoms with Gasteiger partial charge in [-0.2, -0.15) is 0 Å². The zero-order valence-corrected chi connectivity index (χ0v) is 13.1. The third-order valence-corrected chi connectivity index (χ3v) is 5.53. The Kier molecular flexibility index (Phi) is 3.05. The summed E-state index contributed by atoms with van der Waals surface area (Å²) in [6, 6.07) is 5.98. The van der Waals surface area contributed by atoms with Gasteiger partial charge in [0.1, 0.15) is 5.82 Å². The van der Waals surface area contributed by atoms with Crippen molar-refractivity contribution in [3.63, 3.8) is 0 Å². The zero-order valence-electron chi connectivity index (χ0n) is 13.1. The van der Waals surface area contributed by atoms with E-state index in [1.54, 1.807) is 12.1 Å². The number of carbonyl (C=O) groups excluding carboxylic acids is 2. The Morgan fingerprint density at radius 3 is 2.17 bits per heavy atom. The summed E-state index contributed by atoms with van der Waals surface area (Å²) >= 11 is 0. The van der Waals surface area contributed by atoms with Crippen LogP contribution in [0.3, 0.4) is 0 Å². The normalized spacial score (nSPS) is 33.6. The van der Waals surface area contributed by atoms with E-state index in [9.17, 15) is 14.0 Å². The molecule has 3 nitrogen and oxygen atoms in total. The molecule has 3 aliphatic rings. The molecule has 4 rings (SSSR count). The number of hydrogen-bond donors (Lipinski definition) is 0. The van der Waals surface area contributed by atoms with Crippen LogP contribution in [0.2, 0.25) is 0 Å². The van der Waals surface area contributed by atoms with Gasteiger partial charge >= 0.3 is 0 Å². The van der Waals surface area contributed by atoms with Crippen LogP contribution in [0, 0.1) is 29.5 Å². The van der Waals surface area contributed by atoms with Crippen molar-refractivity contribution >= 4 is 17.5 Å². The lowest BCUT2D eigenvalue weighted by Crippen LogP contribution is -2.34. The number of amides is 2. The SMILES string of the molecule is CCC(C)=C1[C@H]2C=C[C@@H]1[C@H]1C(=O)N(c3ccccc3F)C(=O)[C@@H]12. The number of fused-ring (bicyclic) bond motifs is 5. The zero-order chi connectivity index (χ0) is 16.3. The Morgan fingerprint density at radius 1 is 1.09 bits per heavy atom. The number of para-hydroxylation sites is 1. The van der Waals surface area contributed by atoms with Gasteiger partial charge in [-0.1, -0.05) is 42.4 Å². The molecule has 0 N–H and O–H groups in total. The van der Waals surface area contributed by atoms with Gasteiger partial charge in [-0.05, 0) is 25.5 Å². The molecule has 4 atom stereocenters. The standard InChI is InChI=1S/C19H18FNO2/c1-3-10(2)15-11-8-9-12(15)17-16(11)18(22)21(19(17)23)14-7-5-4-6-13(14)20/h4-9,11-12,16-17H,3H2,1-2H3/t11-,12+,16-,17-/m1/s1. The van der Waals surface area contributed by atoms with E-state index in [-0.39, 0.29) is 41.2 Å². The van der Waals surface area contributed by atoms with Crippen molar-refractivity contribution in [1.82, 2.24) is 0 Å². The van der Waals surface area contributed by atoms with Crippen LogP contribution in [0.4, 0.5) is 10.1 Å². The van der Waals surface area contributed by atoms with Crippen LogP contribution >= 0.6 is 0 Å². The fraction of sp³-hybridized carbons (Fsp3) is 0.368. The number of hydrogen-bond acceptors (Lipinski definition) is 2. The highest BCUT2D eigenvalue weighted by molar-refractivity contribution is 6.23. The first kappa shape index (κ1) is 14.4. The van der Waals surface area contributed by atoms with E-state index in [1.807, 2.05) is 0 Å². The van der Waals surface area contributed by atoms with Gasteiger partial charge in [0.2, 0.25) is 11.8 Å². The van der Waals surface area contributed by atoms with Crippen molar-refractivity contribution in [3.8, 4) is 0 Å². The molecule has 4 heteroatoms. The summed E-state index contributed by atoms with van der Waals surface area (Å²) in [5.74, 6) is -1.79. The van der Waals surface area contributed by atoms with Crippen LogP contribution < -0.4 is 4.90 Å². The fourth-order valence-corrected chi connectivity index (χ4v) is 4.41. The molecular weight excluding hydrogens is 293 g/mol. The molecule has 1 aromatic rings. The topological polar surface area (TPSA) is 37.4 Å². The first-order valence-corrected chi connectivity index (χ1v) is 8.06. The van der Waals surface area contributed by atoms with Crippen LogP contribution in [-0.4, -0.2) is 11.8 Å². The molecule has 1 saturated heterocycles. The number of carbonyl (C=O) groups is 2. The molecular formula is C19H18FNO2. The molecule has 2 fully saturated rings. The Morgan fingerprint density at radius 2 is 1.65 bits per heavy atom. The van der Waals surface area contributed by atoms with Gasteiger partial charge in [-0.3, -0.25) is 9.59 Å². The van der Waals surface area contributed by atoms with E-state index in [4.69, 9.17) is 0 Å². The smallest absolute Gasteiger partial charge is 0.238 e. The Balaban J connectivity index is 1.78. The van der Waals surface area contributed by atoms with Crippen LogP contribution in [-0.2, 0) is 9.59 Å². The third kappa shape index (κ3) is 1.75. The first-order valence-electron chi connectivity index (χ1n) is 8.06. The monoisotopic (exact) mass is 311 g/mol. The lowest BCUT2D eigenvalue weighted by molar-refractivity contribution is -0.123. The van der Waals surface area contributed by atoms with Crippen LogP contribution in [0.1, 0.15) is 20.3 Å². The van der Waals surface area contributed by atoms with Gasteiger partial charge in [0.05, 0.1) is 17.5 Å². The molecule has 0 radical (unpaired) electrons. The summed E-state index contributed by atoms with van der Waals surface area (Å²) in [5.41, 5.74) is 2.57. The first-order chi connectivity index (χ1) is 11.1. The molecule has 0 spiro atoms. The predicted octanol–water partition coefficient (Wildman–Crippen LogP) is 3.47. The van der Waals surface area contributed by atoms with Gasteiger partial charge < -0.3 is 0 Å². The van der Waals surface area contributed by atoms with E-state index in [0.717, 1.165) is 11.3 Å². The average molecular weight is 311 g/mol. The fourth-order valence-electron chi connectivity index (χ4n) is 4.41. The van der Waals surface area contributed by atoms with E-state index < -0.39 is 5.82 Å². The molecule has 2 bridgehead atoms. The molecule has 0 unspecified atom stereocenters. The summed E-state index contributed by atoms with van der Waals surface area (Å²) in [7, 11) is 0. The van der Waals surface area contributed by atoms with Crippen LogP contribution in [0.15, 0.2) is 47.6 Å².